The minimum absolute atomic E-state index is 0.00755. The van der Waals surface area contributed by atoms with Gasteiger partial charge < -0.3 is 34.7 Å². The molecule has 2 aromatic rings. The summed E-state index contributed by atoms with van der Waals surface area (Å²) in [7, 11) is 0. The summed E-state index contributed by atoms with van der Waals surface area (Å²) < 4.78 is 11.0. The Morgan fingerprint density at radius 3 is 2.58 bits per heavy atom. The van der Waals surface area contributed by atoms with Crippen molar-refractivity contribution in [2.45, 2.75) is 6.42 Å². The maximum Gasteiger partial charge on any atom is 0.239 e. The van der Waals surface area contributed by atoms with Gasteiger partial charge in [-0.05, 0) is 5.73 Å². The third-order valence-electron chi connectivity index (χ3n) is 3.55. The van der Waals surface area contributed by atoms with E-state index in [1.165, 1.54) is 0 Å². The Hall–Kier alpha value is -3.57. The number of ether oxygens (including phenoxy) is 1. The average molecular weight is 358 g/mol. The Bertz CT molecular complexity index is 1080. The molecule has 1 aliphatic rings. The fourth-order valence-electron chi connectivity index (χ4n) is 2.37. The van der Waals surface area contributed by atoms with E-state index in [0.717, 1.165) is 18.2 Å². The first kappa shape index (κ1) is 17.3. The highest BCUT2D eigenvalue weighted by molar-refractivity contribution is 5.88. The minimum atomic E-state index is -0.711. The molecule has 1 aliphatic carbocycles. The van der Waals surface area contributed by atoms with Gasteiger partial charge in [-0.1, -0.05) is 5.73 Å². The van der Waals surface area contributed by atoms with Crippen molar-refractivity contribution in [1.29, 1.82) is 0 Å². The van der Waals surface area contributed by atoms with Gasteiger partial charge in [-0.2, -0.15) is 0 Å². The molecule has 0 saturated heterocycles. The molecule has 5 N–H and O–H groups in total. The molecular formula is C18H14O8. The van der Waals surface area contributed by atoms with Crippen LogP contribution in [0.5, 0.6) is 17.2 Å². The van der Waals surface area contributed by atoms with Gasteiger partial charge in [0.25, 0.3) is 0 Å². The van der Waals surface area contributed by atoms with Crippen molar-refractivity contribution in [1.82, 2.24) is 0 Å². The van der Waals surface area contributed by atoms with Crippen LogP contribution >= 0.6 is 0 Å². The van der Waals surface area contributed by atoms with E-state index in [9.17, 15) is 25.2 Å². The summed E-state index contributed by atoms with van der Waals surface area (Å²) in [5.74, 6) is -2.27. The maximum atomic E-state index is 12.8. The zero-order chi connectivity index (χ0) is 18.8. The van der Waals surface area contributed by atoms with Gasteiger partial charge in [0.1, 0.15) is 22.5 Å². The lowest BCUT2D eigenvalue weighted by molar-refractivity contribution is 0.229. The third kappa shape index (κ3) is 3.03. The van der Waals surface area contributed by atoms with Crippen LogP contribution in [0, 0.1) is 0 Å². The second-order valence-corrected chi connectivity index (χ2v) is 5.39. The number of aromatic hydroxyl groups is 2. The molecule has 1 aromatic carbocycles. The molecule has 8 heteroatoms. The molecule has 0 aliphatic heterocycles. The van der Waals surface area contributed by atoms with Gasteiger partial charge >= 0.3 is 0 Å². The molecule has 0 saturated carbocycles. The molecule has 0 unspecified atom stereocenters. The Morgan fingerprint density at radius 1 is 1.12 bits per heavy atom. The lowest BCUT2D eigenvalue weighted by Crippen LogP contribution is -2.13. The Kier molecular flexibility index (Phi) is 4.47. The fraction of sp³-hybridized carbons (Fsp3) is 0.167. The number of benzene rings is 1. The van der Waals surface area contributed by atoms with Crippen molar-refractivity contribution in [3.05, 3.63) is 57.2 Å². The number of hydrogen-bond donors (Lipinski definition) is 5. The third-order valence-corrected chi connectivity index (χ3v) is 3.55. The number of phenolic OH excluding ortho intramolecular Hbond substituents is 2. The van der Waals surface area contributed by atoms with Crippen LogP contribution in [0.2, 0.25) is 0 Å². The van der Waals surface area contributed by atoms with E-state index in [-0.39, 0.29) is 53.4 Å². The Morgan fingerprint density at radius 2 is 1.88 bits per heavy atom. The molecule has 3 rings (SSSR count). The van der Waals surface area contributed by atoms with Gasteiger partial charge in [0.05, 0.1) is 12.2 Å². The van der Waals surface area contributed by atoms with Crippen molar-refractivity contribution >= 4 is 16.5 Å². The second-order valence-electron chi connectivity index (χ2n) is 5.39. The lowest BCUT2D eigenvalue weighted by Gasteiger charge is -2.12. The van der Waals surface area contributed by atoms with E-state index in [1.54, 1.807) is 0 Å². The fourth-order valence-corrected chi connectivity index (χ4v) is 2.37. The van der Waals surface area contributed by atoms with Crippen LogP contribution < -0.4 is 10.2 Å². The van der Waals surface area contributed by atoms with Gasteiger partial charge in [-0.3, -0.25) is 4.79 Å². The highest BCUT2D eigenvalue weighted by Gasteiger charge is 2.22. The molecule has 8 nitrogen and oxygen atoms in total. The molecule has 26 heavy (non-hydrogen) atoms. The largest absolute Gasteiger partial charge is 0.508 e. The minimum Gasteiger partial charge on any atom is -0.508 e. The van der Waals surface area contributed by atoms with Crippen LogP contribution in [-0.2, 0) is 0 Å². The summed E-state index contributed by atoms with van der Waals surface area (Å²) in [6.07, 6.45) is 1.34. The van der Waals surface area contributed by atoms with Gasteiger partial charge in [0.2, 0.25) is 16.9 Å². The summed E-state index contributed by atoms with van der Waals surface area (Å²) >= 11 is 0. The van der Waals surface area contributed by atoms with Crippen LogP contribution in [0.4, 0.5) is 0 Å². The second kappa shape index (κ2) is 6.74. The van der Waals surface area contributed by atoms with Gasteiger partial charge in [-0.15, -0.1) is 0 Å². The van der Waals surface area contributed by atoms with Crippen molar-refractivity contribution in [2.75, 3.05) is 13.2 Å². The molecule has 0 bridgehead atoms. The SMILES string of the molecule is O=c1c(OCCCO)c(C2=C=C=C(O)C(O)=C2)oc2cc(O)cc(O)c12. The molecular weight excluding hydrogens is 344 g/mol. The van der Waals surface area contributed by atoms with Gasteiger partial charge in [-0.25, -0.2) is 0 Å². The zero-order valence-electron chi connectivity index (χ0n) is 13.3. The molecule has 0 atom stereocenters. The van der Waals surface area contributed by atoms with Gasteiger partial charge in [0, 0.05) is 31.2 Å². The smallest absolute Gasteiger partial charge is 0.239 e. The number of rotatable bonds is 5. The van der Waals surface area contributed by atoms with Gasteiger partial charge in [0.15, 0.2) is 11.5 Å². The molecule has 0 amide bonds. The number of hydrogen-bond acceptors (Lipinski definition) is 8. The van der Waals surface area contributed by atoms with E-state index in [1.807, 2.05) is 0 Å². The van der Waals surface area contributed by atoms with Crippen LogP contribution in [-0.4, -0.2) is 38.7 Å². The molecule has 0 fully saturated rings. The Balaban J connectivity index is 2.32. The van der Waals surface area contributed by atoms with E-state index >= 15 is 0 Å². The van der Waals surface area contributed by atoms with Crippen molar-refractivity contribution in [3.8, 4) is 17.2 Å². The predicted molar refractivity (Wildman–Crippen MR) is 90.3 cm³/mol. The number of aliphatic hydroxyl groups excluding tert-OH is 3. The first-order chi connectivity index (χ1) is 12.4. The van der Waals surface area contributed by atoms with Crippen molar-refractivity contribution < 1.29 is 34.7 Å². The van der Waals surface area contributed by atoms with E-state index in [2.05, 4.69) is 11.5 Å². The number of phenols is 2. The molecule has 134 valence electrons. The highest BCUT2D eigenvalue weighted by atomic mass is 16.5. The predicted octanol–water partition coefficient (Wildman–Crippen LogP) is 2.00. The number of allylic oxidation sites excluding steroid dienone is 2. The number of fused-ring (bicyclic) bond motifs is 1. The maximum absolute atomic E-state index is 12.8. The first-order valence-corrected chi connectivity index (χ1v) is 7.55. The molecule has 1 aromatic heterocycles. The summed E-state index contributed by atoms with van der Waals surface area (Å²) in [5, 5.41) is 47.3. The average Bonchev–Trinajstić information content (AvgIpc) is 2.58. The van der Waals surface area contributed by atoms with Crippen LogP contribution in [0.15, 0.2) is 50.4 Å². The normalized spacial score (nSPS) is 13.3. The highest BCUT2D eigenvalue weighted by Crippen LogP contribution is 2.34. The van der Waals surface area contributed by atoms with Crippen LogP contribution in [0.1, 0.15) is 12.2 Å². The molecule has 1 heterocycles. The molecule has 0 spiro atoms. The lowest BCUT2D eigenvalue weighted by atomic mass is 10.1. The van der Waals surface area contributed by atoms with Crippen LogP contribution in [0.25, 0.3) is 16.5 Å². The van der Waals surface area contributed by atoms with E-state index < -0.39 is 22.7 Å². The summed E-state index contributed by atoms with van der Waals surface area (Å²) in [6, 6.07) is 2.13. The van der Waals surface area contributed by atoms with Crippen molar-refractivity contribution in [3.63, 3.8) is 0 Å². The topological polar surface area (TPSA) is 141 Å². The summed E-state index contributed by atoms with van der Waals surface area (Å²) in [5.41, 5.74) is 4.03. The van der Waals surface area contributed by atoms with Crippen LogP contribution in [0.3, 0.4) is 0 Å². The van der Waals surface area contributed by atoms with E-state index in [0.29, 0.717) is 0 Å². The standard InChI is InChI=1S/C18H14O8/c19-4-1-5-25-18-16(24)15-13(23)7-10(20)8-14(15)26-17(18)9-2-3-11(21)12(22)6-9/h6-8,19-23H,1,4-5H2. The summed E-state index contributed by atoms with van der Waals surface area (Å²) in [4.78, 5) is 12.8. The van der Waals surface area contributed by atoms with Crippen molar-refractivity contribution in [2.24, 2.45) is 0 Å². The summed E-state index contributed by atoms with van der Waals surface area (Å²) in [6.45, 7) is -0.167. The zero-order valence-corrected chi connectivity index (χ0v) is 13.3. The quantitative estimate of drug-likeness (QED) is 0.404. The van der Waals surface area contributed by atoms with E-state index in [4.69, 9.17) is 14.3 Å². The Labute approximate surface area is 146 Å². The number of aliphatic hydroxyl groups is 3. The first-order valence-electron chi connectivity index (χ1n) is 7.55. The molecule has 0 radical (unpaired) electrons. The monoisotopic (exact) mass is 358 g/mol.